The van der Waals surface area contributed by atoms with E-state index in [0.717, 1.165) is 12.3 Å². The van der Waals surface area contributed by atoms with Gasteiger partial charge in [0.05, 0.1) is 16.1 Å². The van der Waals surface area contributed by atoms with Crippen LogP contribution in [0.1, 0.15) is 12.5 Å². The van der Waals surface area contributed by atoms with Crippen LogP contribution in [0.4, 0.5) is 10.1 Å². The maximum absolute atomic E-state index is 13.2. The normalized spacial score (nSPS) is 10.6. The SMILES string of the molecule is CC#Cc1cc(S(C)(=O)=O)cc(F)c1N. The van der Waals surface area contributed by atoms with Crippen LogP contribution >= 0.6 is 0 Å². The van der Waals surface area contributed by atoms with Gasteiger partial charge in [-0.15, -0.1) is 5.92 Å². The van der Waals surface area contributed by atoms with Crippen molar-refractivity contribution in [2.75, 3.05) is 12.0 Å². The summed E-state index contributed by atoms with van der Waals surface area (Å²) in [6.07, 6.45) is 1.00. The Labute approximate surface area is 88.0 Å². The largest absolute Gasteiger partial charge is 0.395 e. The lowest BCUT2D eigenvalue weighted by molar-refractivity contribution is 0.596. The van der Waals surface area contributed by atoms with Crippen LogP contribution in [-0.4, -0.2) is 14.7 Å². The zero-order valence-corrected chi connectivity index (χ0v) is 9.15. The quantitative estimate of drug-likeness (QED) is 0.579. The van der Waals surface area contributed by atoms with E-state index in [2.05, 4.69) is 11.8 Å². The van der Waals surface area contributed by atoms with Crippen LogP contribution in [0, 0.1) is 17.7 Å². The zero-order chi connectivity index (χ0) is 11.6. The first-order valence-corrected chi connectivity index (χ1v) is 5.97. The van der Waals surface area contributed by atoms with Gasteiger partial charge in [-0.05, 0) is 19.1 Å². The third-order valence-corrected chi connectivity index (χ3v) is 2.88. The number of nitrogens with two attached hydrogens (primary N) is 1. The molecule has 3 nitrogen and oxygen atoms in total. The number of nitrogen functional groups attached to an aromatic ring is 1. The van der Waals surface area contributed by atoms with Crippen molar-refractivity contribution in [3.63, 3.8) is 0 Å². The van der Waals surface area contributed by atoms with Gasteiger partial charge in [0.15, 0.2) is 9.84 Å². The molecule has 1 aromatic carbocycles. The van der Waals surface area contributed by atoms with Crippen LogP contribution < -0.4 is 5.73 Å². The van der Waals surface area contributed by atoms with Crippen molar-refractivity contribution in [2.45, 2.75) is 11.8 Å². The number of rotatable bonds is 1. The van der Waals surface area contributed by atoms with E-state index in [1.807, 2.05) is 0 Å². The predicted molar refractivity (Wildman–Crippen MR) is 56.5 cm³/mol. The second kappa shape index (κ2) is 3.91. The van der Waals surface area contributed by atoms with Gasteiger partial charge in [0.2, 0.25) is 0 Å². The summed E-state index contributed by atoms with van der Waals surface area (Å²) in [6.45, 7) is 1.56. The van der Waals surface area contributed by atoms with Crippen molar-refractivity contribution in [1.29, 1.82) is 0 Å². The van der Waals surface area contributed by atoms with Crippen molar-refractivity contribution in [1.82, 2.24) is 0 Å². The predicted octanol–water partition coefficient (Wildman–Crippen LogP) is 1.18. The van der Waals surface area contributed by atoms with E-state index in [4.69, 9.17) is 5.73 Å². The van der Waals surface area contributed by atoms with E-state index >= 15 is 0 Å². The fourth-order valence-electron chi connectivity index (χ4n) is 1.05. The number of benzene rings is 1. The van der Waals surface area contributed by atoms with Gasteiger partial charge in [0.25, 0.3) is 0 Å². The minimum atomic E-state index is -3.45. The molecule has 0 fully saturated rings. The van der Waals surface area contributed by atoms with Gasteiger partial charge in [-0.3, -0.25) is 0 Å². The highest BCUT2D eigenvalue weighted by molar-refractivity contribution is 7.90. The minimum absolute atomic E-state index is 0.119. The van der Waals surface area contributed by atoms with Crippen molar-refractivity contribution < 1.29 is 12.8 Å². The van der Waals surface area contributed by atoms with Crippen LogP contribution in [0.5, 0.6) is 0 Å². The number of anilines is 1. The molecule has 0 radical (unpaired) electrons. The highest BCUT2D eigenvalue weighted by Crippen LogP contribution is 2.21. The Hall–Kier alpha value is -1.54. The van der Waals surface area contributed by atoms with Crippen LogP contribution in [-0.2, 0) is 9.84 Å². The summed E-state index contributed by atoms with van der Waals surface area (Å²) in [5, 5.41) is 0. The summed E-state index contributed by atoms with van der Waals surface area (Å²) in [7, 11) is -3.45. The lowest BCUT2D eigenvalue weighted by Gasteiger charge is -2.04. The molecule has 1 rings (SSSR count). The topological polar surface area (TPSA) is 60.2 Å². The Morgan fingerprint density at radius 3 is 2.47 bits per heavy atom. The molecule has 0 spiro atoms. The molecular formula is C10H10FNO2S. The lowest BCUT2D eigenvalue weighted by atomic mass is 10.2. The summed E-state index contributed by atoms with van der Waals surface area (Å²) >= 11 is 0. The monoisotopic (exact) mass is 227 g/mol. The maximum atomic E-state index is 13.2. The number of sulfone groups is 1. The summed E-state index contributed by atoms with van der Waals surface area (Å²) < 4.78 is 35.6. The Morgan fingerprint density at radius 1 is 1.40 bits per heavy atom. The summed E-state index contributed by atoms with van der Waals surface area (Å²) in [5.74, 6) is 4.32. The van der Waals surface area contributed by atoms with Crippen molar-refractivity contribution in [3.8, 4) is 11.8 Å². The molecule has 0 amide bonds. The Balaban J connectivity index is 3.54. The molecule has 0 aromatic heterocycles. The first-order chi connectivity index (χ1) is 6.86. The molecule has 0 heterocycles. The average Bonchev–Trinajstić information content (AvgIpc) is 2.11. The van der Waals surface area contributed by atoms with Gasteiger partial charge in [-0.25, -0.2) is 12.8 Å². The van der Waals surface area contributed by atoms with Crippen molar-refractivity contribution >= 4 is 15.5 Å². The maximum Gasteiger partial charge on any atom is 0.175 e. The third kappa shape index (κ3) is 2.48. The van der Waals surface area contributed by atoms with Crippen LogP contribution in [0.2, 0.25) is 0 Å². The second-order valence-electron chi connectivity index (χ2n) is 3.01. The van der Waals surface area contributed by atoms with Gasteiger partial charge < -0.3 is 5.73 Å². The molecule has 5 heteroatoms. The second-order valence-corrected chi connectivity index (χ2v) is 5.03. The van der Waals surface area contributed by atoms with Crippen LogP contribution in [0.3, 0.4) is 0 Å². The zero-order valence-electron chi connectivity index (χ0n) is 8.33. The molecule has 0 aliphatic heterocycles. The van der Waals surface area contributed by atoms with Crippen molar-refractivity contribution in [2.24, 2.45) is 0 Å². The molecule has 80 valence electrons. The van der Waals surface area contributed by atoms with E-state index in [-0.39, 0.29) is 16.1 Å². The molecule has 0 atom stereocenters. The molecule has 15 heavy (non-hydrogen) atoms. The molecular weight excluding hydrogens is 217 g/mol. The van der Waals surface area contributed by atoms with Gasteiger partial charge in [0, 0.05) is 6.26 Å². The van der Waals surface area contributed by atoms with Crippen LogP contribution in [0.25, 0.3) is 0 Å². The molecule has 0 bridgehead atoms. The summed E-state index contributed by atoms with van der Waals surface area (Å²) in [4.78, 5) is -0.119. The first-order valence-electron chi connectivity index (χ1n) is 4.08. The minimum Gasteiger partial charge on any atom is -0.395 e. The van der Waals surface area contributed by atoms with Gasteiger partial charge in [-0.1, -0.05) is 5.92 Å². The molecule has 0 saturated heterocycles. The lowest BCUT2D eigenvalue weighted by Crippen LogP contribution is -2.02. The molecule has 0 unspecified atom stereocenters. The van der Waals surface area contributed by atoms with Crippen LogP contribution in [0.15, 0.2) is 17.0 Å². The number of halogens is 1. The molecule has 2 N–H and O–H groups in total. The van der Waals surface area contributed by atoms with Gasteiger partial charge >= 0.3 is 0 Å². The highest BCUT2D eigenvalue weighted by atomic mass is 32.2. The standard InChI is InChI=1S/C10H10FNO2S/c1-3-4-7-5-8(15(2,13)14)6-9(11)10(7)12/h5-6H,12H2,1-2H3. The Morgan fingerprint density at radius 2 is 2.00 bits per heavy atom. The fraction of sp³-hybridized carbons (Fsp3) is 0.200. The van der Waals surface area contributed by atoms with E-state index in [0.29, 0.717) is 0 Å². The van der Waals surface area contributed by atoms with Gasteiger partial charge in [0.1, 0.15) is 5.82 Å². The van der Waals surface area contributed by atoms with Crippen molar-refractivity contribution in [3.05, 3.63) is 23.5 Å². The van der Waals surface area contributed by atoms with E-state index in [9.17, 15) is 12.8 Å². The summed E-state index contributed by atoms with van der Waals surface area (Å²) in [5.41, 5.74) is 5.47. The number of hydrogen-bond donors (Lipinski definition) is 1. The number of hydrogen-bond acceptors (Lipinski definition) is 3. The van der Waals surface area contributed by atoms with Gasteiger partial charge in [-0.2, -0.15) is 0 Å². The van der Waals surface area contributed by atoms with E-state index in [1.54, 1.807) is 6.92 Å². The van der Waals surface area contributed by atoms with E-state index in [1.165, 1.54) is 6.07 Å². The smallest absolute Gasteiger partial charge is 0.175 e. The molecule has 1 aromatic rings. The highest BCUT2D eigenvalue weighted by Gasteiger charge is 2.13. The Kier molecular flexibility index (Phi) is 3.01. The molecule has 0 aliphatic rings. The summed E-state index contributed by atoms with van der Waals surface area (Å²) in [6, 6.07) is 2.16. The van der Waals surface area contributed by atoms with E-state index < -0.39 is 15.7 Å². The first kappa shape index (κ1) is 11.5. The average molecular weight is 227 g/mol. The Bertz CT molecular complexity index is 553. The molecule has 0 aliphatic carbocycles. The third-order valence-electron chi connectivity index (χ3n) is 1.79. The fourth-order valence-corrected chi connectivity index (χ4v) is 1.69. The molecule has 0 saturated carbocycles.